The molecule has 82 heavy (non-hydrogen) atoms. The van der Waals surface area contributed by atoms with Crippen LogP contribution >= 0.6 is 0 Å². The van der Waals surface area contributed by atoms with E-state index in [1.54, 1.807) is 40.2 Å². The molecule has 0 bridgehead atoms. The van der Waals surface area contributed by atoms with Gasteiger partial charge in [-0.2, -0.15) is 0 Å². The molecule has 11 rings (SSSR count). The Kier molecular flexibility index (Phi) is 18.0. The van der Waals surface area contributed by atoms with Crippen molar-refractivity contribution in [3.05, 3.63) is 155 Å². The van der Waals surface area contributed by atoms with Crippen LogP contribution in [0.2, 0.25) is 0 Å². The van der Waals surface area contributed by atoms with Crippen LogP contribution in [0.3, 0.4) is 0 Å². The number of halogens is 1. The SMILES string of the molecule is CCc1c(-c2ccc(C)nc2)cnc(N)c1-c1ccc(O)cc1.O=CNCCOCCOCCOCC(=O)N1CCCC1CCNC(=O)c1cn2c3c(c(N4CCC(c5cnccn5)C4)c(F)cc3c1=O)Oc1cc3ccccc3cc1-2. The van der Waals surface area contributed by atoms with E-state index in [4.69, 9.17) is 24.7 Å². The highest BCUT2D eigenvalue weighted by molar-refractivity contribution is 6.02. The van der Waals surface area contributed by atoms with Crippen LogP contribution in [0.25, 0.3) is 49.6 Å². The third-order valence-electron chi connectivity index (χ3n) is 15.1. The zero-order chi connectivity index (χ0) is 57.1. The third-order valence-corrected chi connectivity index (χ3v) is 15.1. The summed E-state index contributed by atoms with van der Waals surface area (Å²) in [5.74, 6) is 0.113. The zero-order valence-corrected chi connectivity index (χ0v) is 45.8. The van der Waals surface area contributed by atoms with Crippen molar-refractivity contribution in [2.75, 3.05) is 83.0 Å². The monoisotopic (exact) mass is 1110 g/mol. The third kappa shape index (κ3) is 12.5. The fraction of sp³-hybridized carbons (Fsp3) is 0.323. The number of nitrogen functional groups attached to an aromatic ring is 1. The van der Waals surface area contributed by atoms with Crippen molar-refractivity contribution in [1.29, 1.82) is 0 Å². The van der Waals surface area contributed by atoms with Crippen molar-refractivity contribution >= 4 is 51.4 Å². The molecule has 0 aliphatic carbocycles. The van der Waals surface area contributed by atoms with Crippen LogP contribution in [-0.2, 0) is 30.2 Å². The van der Waals surface area contributed by atoms with Gasteiger partial charge in [-0.15, -0.1) is 0 Å². The Morgan fingerprint density at radius 2 is 1.65 bits per heavy atom. The average Bonchev–Trinajstić information content (AvgIpc) is 1.47. The van der Waals surface area contributed by atoms with E-state index in [1.165, 1.54) is 12.3 Å². The number of amides is 3. The smallest absolute Gasteiger partial charge is 0.256 e. The summed E-state index contributed by atoms with van der Waals surface area (Å²) in [5, 5.41) is 16.8. The summed E-state index contributed by atoms with van der Waals surface area (Å²) in [7, 11) is 0. The molecule has 7 heterocycles. The van der Waals surface area contributed by atoms with Gasteiger partial charge in [0.05, 0.1) is 49.8 Å². The van der Waals surface area contributed by atoms with Gasteiger partial charge in [0.25, 0.3) is 5.91 Å². The number of aromatic hydroxyl groups is 1. The number of carbonyl (C=O) groups is 3. The van der Waals surface area contributed by atoms with Crippen molar-refractivity contribution in [3.63, 3.8) is 0 Å². The Balaban J connectivity index is 0.000000272. The predicted molar refractivity (Wildman–Crippen MR) is 310 cm³/mol. The number of hydrogen-bond donors (Lipinski definition) is 4. The minimum Gasteiger partial charge on any atom is -0.508 e. The first kappa shape index (κ1) is 56.4. The Labute approximate surface area is 473 Å². The molecule has 3 amide bonds. The van der Waals surface area contributed by atoms with E-state index in [-0.39, 0.29) is 65.8 Å². The number of nitrogens with two attached hydrogens (primary N) is 1. The predicted octanol–water partition coefficient (Wildman–Crippen LogP) is 8.05. The normalized spacial score (nSPS) is 15.2. The summed E-state index contributed by atoms with van der Waals surface area (Å²) >= 11 is 0. The molecule has 424 valence electrons. The largest absolute Gasteiger partial charge is 0.508 e. The number of ether oxygens (including phenoxy) is 4. The van der Waals surface area contributed by atoms with Crippen molar-refractivity contribution in [3.8, 4) is 45.2 Å². The molecule has 8 aromatic rings. The van der Waals surface area contributed by atoms with Crippen LogP contribution in [0.5, 0.6) is 17.2 Å². The summed E-state index contributed by atoms with van der Waals surface area (Å²) in [5.41, 5.74) is 13.6. The second-order valence-corrected chi connectivity index (χ2v) is 20.3. The molecule has 3 aliphatic heterocycles. The van der Waals surface area contributed by atoms with Crippen LogP contribution in [0.15, 0.2) is 121 Å². The first-order valence-corrected chi connectivity index (χ1v) is 27.6. The lowest BCUT2D eigenvalue weighted by Crippen LogP contribution is -2.40. The fourth-order valence-corrected chi connectivity index (χ4v) is 11.0. The highest BCUT2D eigenvalue weighted by Gasteiger charge is 2.35. The highest BCUT2D eigenvalue weighted by Crippen LogP contribution is 2.49. The Bertz CT molecular complexity index is 3640. The van der Waals surface area contributed by atoms with Crippen LogP contribution in [0.1, 0.15) is 65.8 Å². The number of fused-ring (bicyclic) bond motifs is 3. The van der Waals surface area contributed by atoms with E-state index in [2.05, 4.69) is 43.6 Å². The molecule has 2 atom stereocenters. The quantitative estimate of drug-likeness (QED) is 0.0393. The first-order valence-electron chi connectivity index (χ1n) is 27.6. The number of hydrogen-bond acceptors (Lipinski definition) is 15. The summed E-state index contributed by atoms with van der Waals surface area (Å²) in [6.07, 6.45) is 14.5. The standard InChI is InChI=1S/C43H46FN7O8.C19H19N3O/c44-34-22-32-39-42(40(34)49-14-8-30(24-49)35-23-45-10-11-47-35)59-37-21-29-5-2-1-4-28(29)20-36(37)51(39)25-33(41(32)54)43(55)48-9-7-31-6-3-13-50(31)38(53)26-58-19-18-57-17-16-56-15-12-46-27-52;1-3-16-17(14-5-4-12(2)21-10-14)11-22-19(20)18(16)13-6-8-15(23)9-7-13/h1-2,4-5,10-11,20-23,25,27,30-31H,3,6-9,12-19,24,26H2,(H,46,52)(H,48,55);4-11,23H,3H2,1-2H3,(H2,20,22). The van der Waals surface area contributed by atoms with Crippen molar-refractivity contribution in [1.82, 2.24) is 40.0 Å². The number of carbonyl (C=O) groups excluding carboxylic acids is 3. The maximum Gasteiger partial charge on any atom is 0.256 e. The van der Waals surface area contributed by atoms with Gasteiger partial charge in [-0.1, -0.05) is 49.4 Å². The van der Waals surface area contributed by atoms with E-state index in [1.807, 2.05) is 78.8 Å². The second kappa shape index (κ2) is 26.2. The van der Waals surface area contributed by atoms with Crippen LogP contribution < -0.4 is 31.4 Å². The van der Waals surface area contributed by atoms with Gasteiger partial charge in [0.1, 0.15) is 34.9 Å². The molecule has 4 aromatic heterocycles. The number of benzene rings is 4. The van der Waals surface area contributed by atoms with Crippen LogP contribution in [0, 0.1) is 12.7 Å². The molecule has 0 saturated carbocycles. The molecule has 0 spiro atoms. The van der Waals surface area contributed by atoms with Gasteiger partial charge in [-0.25, -0.2) is 9.37 Å². The molecule has 4 aromatic carbocycles. The van der Waals surface area contributed by atoms with Gasteiger partial charge >= 0.3 is 0 Å². The lowest BCUT2D eigenvalue weighted by molar-refractivity contribution is -0.137. The van der Waals surface area contributed by atoms with E-state index in [9.17, 15) is 24.3 Å². The number of anilines is 2. The van der Waals surface area contributed by atoms with Gasteiger partial charge < -0.3 is 54.8 Å². The van der Waals surface area contributed by atoms with Crippen LogP contribution in [-0.4, -0.2) is 131 Å². The fourth-order valence-electron chi connectivity index (χ4n) is 11.0. The van der Waals surface area contributed by atoms with Crippen molar-refractivity contribution in [2.24, 2.45) is 0 Å². The second-order valence-electron chi connectivity index (χ2n) is 20.3. The summed E-state index contributed by atoms with van der Waals surface area (Å²) in [6.45, 7) is 7.97. The molecule has 0 radical (unpaired) electrons. The van der Waals surface area contributed by atoms with Crippen LogP contribution in [0.4, 0.5) is 15.9 Å². The van der Waals surface area contributed by atoms with Gasteiger partial charge in [0.2, 0.25) is 17.7 Å². The molecule has 2 fully saturated rings. The number of likely N-dealkylation sites (tertiary alicyclic amines) is 1. The molecular weight excluding hydrogens is 1050 g/mol. The van der Waals surface area contributed by atoms with Crippen molar-refractivity contribution in [2.45, 2.75) is 57.9 Å². The minimum atomic E-state index is -0.619. The highest BCUT2D eigenvalue weighted by atomic mass is 19.1. The number of aromatic nitrogens is 5. The van der Waals surface area contributed by atoms with Gasteiger partial charge in [0, 0.05) is 104 Å². The Hall–Kier alpha value is -8.85. The van der Waals surface area contributed by atoms with E-state index < -0.39 is 17.2 Å². The van der Waals surface area contributed by atoms with E-state index >= 15 is 4.39 Å². The van der Waals surface area contributed by atoms with Gasteiger partial charge in [-0.3, -0.25) is 34.1 Å². The lowest BCUT2D eigenvalue weighted by Gasteiger charge is -2.29. The van der Waals surface area contributed by atoms with Gasteiger partial charge in [-0.05, 0) is 97.3 Å². The van der Waals surface area contributed by atoms with E-state index in [0.29, 0.717) is 88.2 Å². The maximum atomic E-state index is 16.5. The molecule has 5 N–H and O–H groups in total. The molecule has 2 unspecified atom stereocenters. The number of nitrogens with zero attached hydrogens (tertiary/aromatic N) is 7. The molecule has 2 saturated heterocycles. The summed E-state index contributed by atoms with van der Waals surface area (Å²) < 4.78 is 41.1. The summed E-state index contributed by atoms with van der Waals surface area (Å²) in [6, 6.07) is 23.8. The number of phenols is 1. The number of phenolic OH excluding ortho intramolecular Hbond substituents is 1. The number of pyridine rings is 3. The van der Waals surface area contributed by atoms with Gasteiger partial charge in [0.15, 0.2) is 17.3 Å². The van der Waals surface area contributed by atoms with Crippen molar-refractivity contribution < 1.29 is 42.8 Å². The number of aryl methyl sites for hydroxylation is 1. The number of nitrogens with one attached hydrogen (secondary N) is 2. The Morgan fingerprint density at radius 3 is 2.39 bits per heavy atom. The molecular formula is C62H65FN10O9. The summed E-state index contributed by atoms with van der Waals surface area (Å²) in [4.78, 5) is 72.4. The zero-order valence-electron chi connectivity index (χ0n) is 45.8. The minimum absolute atomic E-state index is 0.0346. The lowest BCUT2D eigenvalue weighted by atomic mass is 9.92. The average molecular weight is 1110 g/mol. The molecule has 20 heteroatoms. The molecule has 19 nitrogen and oxygen atoms in total. The topological polar surface area (TPSA) is 238 Å². The Morgan fingerprint density at radius 1 is 0.878 bits per heavy atom. The molecule has 3 aliphatic rings. The van der Waals surface area contributed by atoms with E-state index in [0.717, 1.165) is 75.7 Å². The number of rotatable bonds is 21. The first-order chi connectivity index (χ1) is 40.0. The maximum absolute atomic E-state index is 16.5.